The fourth-order valence-electron chi connectivity index (χ4n) is 2.70. The lowest BCUT2D eigenvalue weighted by atomic mass is 10.2. The molecule has 2 aromatic carbocycles. The molecule has 0 atom stereocenters. The summed E-state index contributed by atoms with van der Waals surface area (Å²) in [5, 5.41) is 8.27. The molecule has 6 nitrogen and oxygen atoms in total. The van der Waals surface area contributed by atoms with Gasteiger partial charge in [0.1, 0.15) is 0 Å². The summed E-state index contributed by atoms with van der Waals surface area (Å²) in [6.45, 7) is 3.85. The maximum atomic E-state index is 5.77. The van der Waals surface area contributed by atoms with E-state index in [4.69, 9.17) is 13.9 Å². The van der Waals surface area contributed by atoms with Crippen molar-refractivity contribution in [3.63, 3.8) is 0 Å². The van der Waals surface area contributed by atoms with Gasteiger partial charge in [0.25, 0.3) is 0 Å². The molecule has 0 bridgehead atoms. The van der Waals surface area contributed by atoms with Gasteiger partial charge in [0.05, 0.1) is 20.3 Å². The van der Waals surface area contributed by atoms with Crippen LogP contribution in [0, 0.1) is 0 Å². The molecule has 3 aromatic rings. The Labute approximate surface area is 153 Å². The molecule has 1 aromatic heterocycles. The molecule has 0 spiro atoms. The molecule has 0 amide bonds. The van der Waals surface area contributed by atoms with Gasteiger partial charge in [-0.3, -0.25) is 4.90 Å². The fraction of sp³-hybridized carbons (Fsp3) is 0.300. The van der Waals surface area contributed by atoms with Crippen molar-refractivity contribution < 1.29 is 13.9 Å². The third-order valence-electron chi connectivity index (χ3n) is 3.87. The van der Waals surface area contributed by atoms with Gasteiger partial charge in [-0.1, -0.05) is 24.3 Å². The Morgan fingerprint density at radius 2 is 1.81 bits per heavy atom. The van der Waals surface area contributed by atoms with Crippen LogP contribution >= 0.6 is 0 Å². The van der Waals surface area contributed by atoms with E-state index in [9.17, 15) is 0 Å². The summed E-state index contributed by atoms with van der Waals surface area (Å²) in [5.41, 5.74) is 2.04. The molecule has 0 saturated carbocycles. The van der Waals surface area contributed by atoms with Crippen molar-refractivity contribution in [2.75, 3.05) is 20.8 Å². The smallest absolute Gasteiger partial charge is 0.247 e. The van der Waals surface area contributed by atoms with Crippen LogP contribution in [0.4, 0.5) is 0 Å². The van der Waals surface area contributed by atoms with Crippen LogP contribution in [0.3, 0.4) is 0 Å². The Balaban J connectivity index is 1.64. The van der Waals surface area contributed by atoms with Crippen LogP contribution in [-0.2, 0) is 13.1 Å². The van der Waals surface area contributed by atoms with Gasteiger partial charge in [0.2, 0.25) is 11.8 Å². The van der Waals surface area contributed by atoms with Crippen molar-refractivity contribution in [3.8, 4) is 23.0 Å². The van der Waals surface area contributed by atoms with Gasteiger partial charge in [-0.25, -0.2) is 0 Å². The zero-order valence-corrected chi connectivity index (χ0v) is 15.3. The summed E-state index contributed by atoms with van der Waals surface area (Å²) in [4.78, 5) is 2.11. The average molecular weight is 353 g/mol. The van der Waals surface area contributed by atoms with E-state index in [2.05, 4.69) is 15.1 Å². The molecule has 1 heterocycles. The summed E-state index contributed by atoms with van der Waals surface area (Å²) in [5.74, 6) is 2.62. The highest BCUT2D eigenvalue weighted by Gasteiger charge is 2.12. The number of benzene rings is 2. The van der Waals surface area contributed by atoms with E-state index >= 15 is 0 Å². The molecular formula is C20H23N3O3. The Bertz CT molecular complexity index is 833. The monoisotopic (exact) mass is 353 g/mol. The number of methoxy groups -OCH3 is 1. The first-order valence-corrected chi connectivity index (χ1v) is 8.55. The van der Waals surface area contributed by atoms with Crippen LogP contribution < -0.4 is 9.47 Å². The standard InChI is InChI=1S/C20H23N3O3/c1-4-25-17-11-10-15(12-18(17)24-3)13-23(2)14-19-21-22-20(26-19)16-8-6-5-7-9-16/h5-12H,4,13-14H2,1-3H3. The fourth-order valence-corrected chi connectivity index (χ4v) is 2.70. The molecule has 0 aliphatic rings. The minimum Gasteiger partial charge on any atom is -0.493 e. The maximum Gasteiger partial charge on any atom is 0.247 e. The Kier molecular flexibility index (Phi) is 5.86. The first-order valence-electron chi connectivity index (χ1n) is 8.55. The first-order chi connectivity index (χ1) is 12.7. The highest BCUT2D eigenvalue weighted by atomic mass is 16.5. The van der Waals surface area contributed by atoms with E-state index < -0.39 is 0 Å². The lowest BCUT2D eigenvalue weighted by Crippen LogP contribution is -2.17. The molecular weight excluding hydrogens is 330 g/mol. The summed E-state index contributed by atoms with van der Waals surface area (Å²) < 4.78 is 16.7. The molecule has 3 rings (SSSR count). The van der Waals surface area contributed by atoms with Gasteiger partial charge in [-0.15, -0.1) is 10.2 Å². The molecule has 0 fully saturated rings. The topological polar surface area (TPSA) is 60.6 Å². The van der Waals surface area contributed by atoms with E-state index in [1.54, 1.807) is 7.11 Å². The zero-order valence-electron chi connectivity index (χ0n) is 15.3. The minimum atomic E-state index is 0.539. The van der Waals surface area contributed by atoms with Crippen LogP contribution in [-0.4, -0.2) is 35.9 Å². The number of ether oxygens (including phenoxy) is 2. The largest absolute Gasteiger partial charge is 0.493 e. The zero-order chi connectivity index (χ0) is 18.4. The lowest BCUT2D eigenvalue weighted by Gasteiger charge is -2.16. The van der Waals surface area contributed by atoms with Gasteiger partial charge in [0, 0.05) is 12.1 Å². The summed E-state index contributed by atoms with van der Waals surface area (Å²) in [6.07, 6.45) is 0. The predicted octanol–water partition coefficient (Wildman–Crippen LogP) is 3.78. The lowest BCUT2D eigenvalue weighted by molar-refractivity contribution is 0.281. The van der Waals surface area contributed by atoms with Crippen LogP contribution in [0.15, 0.2) is 52.9 Å². The van der Waals surface area contributed by atoms with Gasteiger partial charge in [0.15, 0.2) is 11.5 Å². The molecule has 0 aliphatic carbocycles. The third-order valence-corrected chi connectivity index (χ3v) is 3.87. The molecule has 6 heteroatoms. The van der Waals surface area contributed by atoms with E-state index in [1.807, 2.05) is 62.5 Å². The number of nitrogens with zero attached hydrogens (tertiary/aromatic N) is 3. The number of rotatable bonds is 8. The van der Waals surface area contributed by atoms with Crippen molar-refractivity contribution in [2.45, 2.75) is 20.0 Å². The van der Waals surface area contributed by atoms with E-state index in [-0.39, 0.29) is 0 Å². The number of hydrogen-bond donors (Lipinski definition) is 0. The van der Waals surface area contributed by atoms with Gasteiger partial charge < -0.3 is 13.9 Å². The number of hydrogen-bond acceptors (Lipinski definition) is 6. The second-order valence-corrected chi connectivity index (χ2v) is 5.96. The van der Waals surface area contributed by atoms with Crippen LogP contribution in [0.25, 0.3) is 11.5 Å². The van der Waals surface area contributed by atoms with Crippen LogP contribution in [0.2, 0.25) is 0 Å². The summed E-state index contributed by atoms with van der Waals surface area (Å²) >= 11 is 0. The van der Waals surface area contributed by atoms with Crippen molar-refractivity contribution in [1.82, 2.24) is 15.1 Å². The van der Waals surface area contributed by atoms with E-state index in [0.29, 0.717) is 24.9 Å². The summed E-state index contributed by atoms with van der Waals surface area (Å²) in [6, 6.07) is 15.7. The molecule has 0 N–H and O–H groups in total. The number of aromatic nitrogens is 2. The summed E-state index contributed by atoms with van der Waals surface area (Å²) in [7, 11) is 3.66. The SMILES string of the molecule is CCOc1ccc(CN(C)Cc2nnc(-c3ccccc3)o2)cc1OC. The van der Waals surface area contributed by atoms with Gasteiger partial charge >= 0.3 is 0 Å². The van der Waals surface area contributed by atoms with Crippen molar-refractivity contribution in [3.05, 3.63) is 60.0 Å². The van der Waals surface area contributed by atoms with Gasteiger partial charge in [-0.05, 0) is 43.8 Å². The van der Waals surface area contributed by atoms with Crippen LogP contribution in [0.5, 0.6) is 11.5 Å². The Hall–Kier alpha value is -2.86. The maximum absolute atomic E-state index is 5.77. The average Bonchev–Trinajstić information content (AvgIpc) is 3.12. The molecule has 0 radical (unpaired) electrons. The van der Waals surface area contributed by atoms with E-state index in [0.717, 1.165) is 29.2 Å². The highest BCUT2D eigenvalue weighted by molar-refractivity contribution is 5.51. The molecule has 0 saturated heterocycles. The Morgan fingerprint density at radius 3 is 2.54 bits per heavy atom. The molecule has 136 valence electrons. The molecule has 26 heavy (non-hydrogen) atoms. The minimum absolute atomic E-state index is 0.539. The quantitative estimate of drug-likeness (QED) is 0.614. The molecule has 0 aliphatic heterocycles. The predicted molar refractivity (Wildman–Crippen MR) is 99.1 cm³/mol. The molecule has 0 unspecified atom stereocenters. The normalized spacial score (nSPS) is 10.9. The third kappa shape index (κ3) is 4.40. The second-order valence-electron chi connectivity index (χ2n) is 5.96. The highest BCUT2D eigenvalue weighted by Crippen LogP contribution is 2.28. The van der Waals surface area contributed by atoms with Crippen molar-refractivity contribution in [2.24, 2.45) is 0 Å². The van der Waals surface area contributed by atoms with Crippen LogP contribution in [0.1, 0.15) is 18.4 Å². The van der Waals surface area contributed by atoms with Gasteiger partial charge in [-0.2, -0.15) is 0 Å². The Morgan fingerprint density at radius 1 is 1.00 bits per heavy atom. The first kappa shape index (κ1) is 17.9. The van der Waals surface area contributed by atoms with Crippen molar-refractivity contribution in [1.29, 1.82) is 0 Å². The van der Waals surface area contributed by atoms with E-state index in [1.165, 1.54) is 0 Å². The van der Waals surface area contributed by atoms with Crippen molar-refractivity contribution >= 4 is 0 Å². The second kappa shape index (κ2) is 8.49.